The van der Waals surface area contributed by atoms with E-state index < -0.39 is 5.97 Å². The molecule has 0 atom stereocenters. The number of pyridine rings is 1. The van der Waals surface area contributed by atoms with Crippen molar-refractivity contribution in [3.05, 3.63) is 28.0 Å². The van der Waals surface area contributed by atoms with E-state index >= 15 is 0 Å². The summed E-state index contributed by atoms with van der Waals surface area (Å²) in [6.07, 6.45) is 0. The van der Waals surface area contributed by atoms with Gasteiger partial charge in [0.25, 0.3) is 0 Å². The number of halogens is 1. The number of hydrogen-bond acceptors (Lipinski definition) is 4. The summed E-state index contributed by atoms with van der Waals surface area (Å²) in [5.41, 5.74) is 0.296. The number of rotatable bonds is 1. The van der Waals surface area contributed by atoms with E-state index in [1.807, 2.05) is 6.07 Å². The van der Waals surface area contributed by atoms with Crippen LogP contribution in [0.15, 0.2) is 16.6 Å². The number of nitrogens with zero attached hydrogens (tertiary/aromatic N) is 2. The fourth-order valence-electron chi connectivity index (χ4n) is 0.744. The Morgan fingerprint density at radius 1 is 1.69 bits per heavy atom. The van der Waals surface area contributed by atoms with Crippen LogP contribution in [0.5, 0.6) is 0 Å². The molecular weight excluding hydrogens is 236 g/mol. The van der Waals surface area contributed by atoms with Crippen molar-refractivity contribution < 1.29 is 9.53 Å². The number of ether oxygens (including phenoxy) is 1. The molecule has 1 aromatic heterocycles. The second-order valence-electron chi connectivity index (χ2n) is 2.13. The fourth-order valence-corrected chi connectivity index (χ4v) is 1.13. The predicted octanol–water partition coefficient (Wildman–Crippen LogP) is 1.50. The van der Waals surface area contributed by atoms with Crippen LogP contribution in [0.1, 0.15) is 16.2 Å². The Hall–Kier alpha value is -1.41. The molecule has 0 saturated heterocycles. The Bertz CT molecular complexity index is 384. The van der Waals surface area contributed by atoms with Gasteiger partial charge < -0.3 is 4.74 Å². The summed E-state index contributed by atoms with van der Waals surface area (Å²) in [7, 11) is 1.26. The molecule has 1 rings (SSSR count). The van der Waals surface area contributed by atoms with Crippen molar-refractivity contribution in [1.29, 1.82) is 5.26 Å². The number of esters is 1. The zero-order valence-corrected chi connectivity index (χ0v) is 8.33. The van der Waals surface area contributed by atoms with Gasteiger partial charge in [-0.25, -0.2) is 9.78 Å². The summed E-state index contributed by atoms with van der Waals surface area (Å²) < 4.78 is 4.99. The molecule has 0 bridgehead atoms. The van der Waals surface area contributed by atoms with E-state index in [4.69, 9.17) is 5.26 Å². The summed E-state index contributed by atoms with van der Waals surface area (Å²) in [6, 6.07) is 4.93. The molecule has 4 nitrogen and oxygen atoms in total. The fraction of sp³-hybridized carbons (Fsp3) is 0.125. The van der Waals surface area contributed by atoms with Gasteiger partial charge in [0.05, 0.1) is 11.6 Å². The van der Waals surface area contributed by atoms with Gasteiger partial charge in [0.1, 0.15) is 11.8 Å². The highest BCUT2D eigenvalue weighted by molar-refractivity contribution is 9.10. The maximum Gasteiger partial charge on any atom is 0.357 e. The Kier molecular flexibility index (Phi) is 2.98. The van der Waals surface area contributed by atoms with E-state index in [1.165, 1.54) is 13.2 Å². The van der Waals surface area contributed by atoms with E-state index in [-0.39, 0.29) is 11.4 Å². The third-order valence-electron chi connectivity index (χ3n) is 1.34. The molecule has 13 heavy (non-hydrogen) atoms. The van der Waals surface area contributed by atoms with Gasteiger partial charge in [0.2, 0.25) is 0 Å². The van der Waals surface area contributed by atoms with Crippen molar-refractivity contribution in [2.45, 2.75) is 0 Å². The number of nitriles is 1. The van der Waals surface area contributed by atoms with Crippen LogP contribution < -0.4 is 0 Å². The predicted molar refractivity (Wildman–Crippen MR) is 48.0 cm³/mol. The Labute approximate surface area is 83.3 Å². The molecule has 1 aromatic rings. The lowest BCUT2D eigenvalue weighted by atomic mass is 10.3. The molecule has 0 aliphatic rings. The Balaban J connectivity index is 3.20. The molecule has 0 N–H and O–H groups in total. The van der Waals surface area contributed by atoms with Gasteiger partial charge in [-0.3, -0.25) is 0 Å². The molecule has 0 aromatic carbocycles. The second-order valence-corrected chi connectivity index (χ2v) is 2.98. The SMILES string of the molecule is COC(=O)c1nc(C#N)ccc1Br. The van der Waals surface area contributed by atoms with Crippen molar-refractivity contribution in [2.24, 2.45) is 0 Å². The molecule has 0 aliphatic carbocycles. The Morgan fingerprint density at radius 3 is 2.92 bits per heavy atom. The average molecular weight is 241 g/mol. The summed E-state index contributed by atoms with van der Waals surface area (Å²) in [4.78, 5) is 14.9. The quantitative estimate of drug-likeness (QED) is 0.699. The van der Waals surface area contributed by atoms with Crippen molar-refractivity contribution in [2.75, 3.05) is 7.11 Å². The minimum Gasteiger partial charge on any atom is -0.464 e. The summed E-state index contributed by atoms with van der Waals surface area (Å²) in [5.74, 6) is -0.566. The van der Waals surface area contributed by atoms with Gasteiger partial charge in [-0.05, 0) is 28.1 Å². The third-order valence-corrected chi connectivity index (χ3v) is 1.98. The lowest BCUT2D eigenvalue weighted by molar-refractivity contribution is 0.0593. The van der Waals surface area contributed by atoms with Crippen LogP contribution in [0.2, 0.25) is 0 Å². The molecule has 0 spiro atoms. The maximum atomic E-state index is 11.1. The highest BCUT2D eigenvalue weighted by Gasteiger charge is 2.12. The number of methoxy groups -OCH3 is 1. The molecule has 0 radical (unpaired) electrons. The average Bonchev–Trinajstić information content (AvgIpc) is 2.17. The van der Waals surface area contributed by atoms with E-state index in [1.54, 1.807) is 6.07 Å². The van der Waals surface area contributed by atoms with Crippen LogP contribution >= 0.6 is 15.9 Å². The van der Waals surface area contributed by atoms with Crippen LogP contribution in [0, 0.1) is 11.3 Å². The third kappa shape index (κ3) is 2.04. The number of aromatic nitrogens is 1. The molecule has 1 heterocycles. The van der Waals surface area contributed by atoms with E-state index in [0.717, 1.165) is 0 Å². The first-order chi connectivity index (χ1) is 6.19. The topological polar surface area (TPSA) is 63.0 Å². The molecule has 0 amide bonds. The first-order valence-corrected chi connectivity index (χ1v) is 4.13. The highest BCUT2D eigenvalue weighted by atomic mass is 79.9. The summed E-state index contributed by atoms with van der Waals surface area (Å²) in [6.45, 7) is 0. The lowest BCUT2D eigenvalue weighted by Crippen LogP contribution is -2.06. The number of carbonyl (C=O) groups is 1. The minimum atomic E-state index is -0.566. The molecule has 0 fully saturated rings. The van der Waals surface area contributed by atoms with Crippen molar-refractivity contribution in [1.82, 2.24) is 4.98 Å². The van der Waals surface area contributed by atoms with E-state index in [9.17, 15) is 4.79 Å². The maximum absolute atomic E-state index is 11.1. The number of carbonyl (C=O) groups excluding carboxylic acids is 1. The van der Waals surface area contributed by atoms with Gasteiger partial charge in [-0.1, -0.05) is 0 Å². The standard InChI is InChI=1S/C8H5BrN2O2/c1-13-8(12)7-6(9)3-2-5(4-10)11-7/h2-3H,1H3. The van der Waals surface area contributed by atoms with Gasteiger partial charge in [0.15, 0.2) is 5.69 Å². The molecule has 0 unspecified atom stereocenters. The van der Waals surface area contributed by atoms with Crippen molar-refractivity contribution in [3.63, 3.8) is 0 Å². The monoisotopic (exact) mass is 240 g/mol. The molecule has 66 valence electrons. The first kappa shape index (κ1) is 9.68. The normalized spacial score (nSPS) is 9.00. The number of hydrogen-bond donors (Lipinski definition) is 0. The smallest absolute Gasteiger partial charge is 0.357 e. The van der Waals surface area contributed by atoms with Gasteiger partial charge >= 0.3 is 5.97 Å². The largest absolute Gasteiger partial charge is 0.464 e. The Morgan fingerprint density at radius 2 is 2.38 bits per heavy atom. The van der Waals surface area contributed by atoms with Gasteiger partial charge in [-0.15, -0.1) is 0 Å². The minimum absolute atomic E-state index is 0.113. The zero-order chi connectivity index (χ0) is 9.84. The second kappa shape index (κ2) is 4.01. The molecule has 0 saturated carbocycles. The lowest BCUT2D eigenvalue weighted by Gasteiger charge is -2.00. The van der Waals surface area contributed by atoms with Gasteiger partial charge in [0, 0.05) is 0 Å². The molecule has 5 heteroatoms. The molecular formula is C8H5BrN2O2. The summed E-state index contributed by atoms with van der Waals surface area (Å²) in [5, 5.41) is 8.53. The van der Waals surface area contributed by atoms with Crippen molar-refractivity contribution >= 4 is 21.9 Å². The van der Waals surface area contributed by atoms with Crippen molar-refractivity contribution in [3.8, 4) is 6.07 Å². The van der Waals surface area contributed by atoms with Crippen LogP contribution in [0.4, 0.5) is 0 Å². The van der Waals surface area contributed by atoms with Crippen LogP contribution in [-0.4, -0.2) is 18.1 Å². The van der Waals surface area contributed by atoms with Crippen LogP contribution in [0.25, 0.3) is 0 Å². The van der Waals surface area contributed by atoms with Gasteiger partial charge in [-0.2, -0.15) is 5.26 Å². The molecule has 0 aliphatic heterocycles. The van der Waals surface area contributed by atoms with Crippen LogP contribution in [-0.2, 0) is 4.74 Å². The zero-order valence-electron chi connectivity index (χ0n) is 6.74. The van der Waals surface area contributed by atoms with Crippen LogP contribution in [0.3, 0.4) is 0 Å². The highest BCUT2D eigenvalue weighted by Crippen LogP contribution is 2.15. The van der Waals surface area contributed by atoms with E-state index in [2.05, 4.69) is 25.7 Å². The first-order valence-electron chi connectivity index (χ1n) is 3.34. The van der Waals surface area contributed by atoms with E-state index in [0.29, 0.717) is 4.47 Å². The summed E-state index contributed by atoms with van der Waals surface area (Å²) >= 11 is 3.13.